The molecule has 6 heteroatoms. The van der Waals surface area contributed by atoms with Crippen LogP contribution in [0.1, 0.15) is 17.3 Å². The Morgan fingerprint density at radius 1 is 1.19 bits per heavy atom. The van der Waals surface area contributed by atoms with Crippen molar-refractivity contribution >= 4 is 29.0 Å². The molecule has 0 radical (unpaired) electrons. The van der Waals surface area contributed by atoms with Crippen LogP contribution in [-0.2, 0) is 0 Å². The summed E-state index contributed by atoms with van der Waals surface area (Å²) in [7, 11) is 3.63. The van der Waals surface area contributed by atoms with Crippen molar-refractivity contribution in [1.29, 1.82) is 0 Å². The summed E-state index contributed by atoms with van der Waals surface area (Å²) in [5.41, 5.74) is 2.95. The summed E-state index contributed by atoms with van der Waals surface area (Å²) in [6.45, 7) is 5.60. The average molecular weight is 347 g/mol. The van der Waals surface area contributed by atoms with Gasteiger partial charge >= 0.3 is 0 Å². The fourth-order valence-corrected chi connectivity index (χ4v) is 2.77. The summed E-state index contributed by atoms with van der Waals surface area (Å²) in [6.07, 6.45) is 9.00. The third-order valence-electron chi connectivity index (χ3n) is 4.21. The van der Waals surface area contributed by atoms with Crippen molar-refractivity contribution < 1.29 is 4.79 Å². The van der Waals surface area contributed by atoms with E-state index in [1.54, 1.807) is 24.2 Å². The molecule has 6 nitrogen and oxygen atoms in total. The second-order valence-corrected chi connectivity index (χ2v) is 5.81. The Labute approximate surface area is 153 Å². The van der Waals surface area contributed by atoms with Gasteiger partial charge in [-0.1, -0.05) is 36.9 Å². The zero-order valence-electron chi connectivity index (χ0n) is 15.1. The van der Waals surface area contributed by atoms with E-state index in [2.05, 4.69) is 21.9 Å². The molecule has 0 atom stereocenters. The largest absolute Gasteiger partial charge is 0.327 e. The maximum Gasteiger partial charge on any atom is 0.260 e. The average Bonchev–Trinajstić information content (AvgIpc) is 2.75. The lowest BCUT2D eigenvalue weighted by atomic mass is 10.1. The van der Waals surface area contributed by atoms with Crippen LogP contribution in [0.5, 0.6) is 0 Å². The van der Waals surface area contributed by atoms with Gasteiger partial charge in [-0.15, -0.1) is 0 Å². The van der Waals surface area contributed by atoms with E-state index in [9.17, 15) is 4.79 Å². The number of amides is 1. The Balaban J connectivity index is 2.05. The maximum atomic E-state index is 12.8. The fourth-order valence-electron chi connectivity index (χ4n) is 2.77. The number of benzene rings is 1. The first-order valence-electron chi connectivity index (χ1n) is 8.27. The molecule has 0 fully saturated rings. The molecule has 0 aliphatic carbocycles. The molecule has 2 heterocycles. The standard InChI is InChI=1S/C20H21N5O/c1-5-7-10-14(6-2)22-20-21-13-17-18(23-20)24(3)16-12-9-8-11-15(16)19(26)25(17)4/h5-13H,1H2,2-4H3,(H,21,22,23)/b10-7-,14-6+. The van der Waals surface area contributed by atoms with Gasteiger partial charge in [0, 0.05) is 19.8 Å². The molecule has 0 spiro atoms. The third-order valence-corrected chi connectivity index (χ3v) is 4.21. The van der Waals surface area contributed by atoms with E-state index in [1.165, 1.54) is 0 Å². The highest BCUT2D eigenvalue weighted by atomic mass is 16.2. The first-order valence-corrected chi connectivity index (χ1v) is 8.27. The Bertz CT molecular complexity index is 916. The molecule has 2 aromatic rings. The van der Waals surface area contributed by atoms with E-state index in [4.69, 9.17) is 0 Å². The van der Waals surface area contributed by atoms with Gasteiger partial charge in [-0.05, 0) is 25.1 Å². The summed E-state index contributed by atoms with van der Waals surface area (Å²) in [5.74, 6) is 1.03. The molecule has 1 aromatic heterocycles. The molecule has 26 heavy (non-hydrogen) atoms. The minimum absolute atomic E-state index is 0.0847. The van der Waals surface area contributed by atoms with E-state index in [0.29, 0.717) is 23.0 Å². The topological polar surface area (TPSA) is 61.4 Å². The van der Waals surface area contributed by atoms with Gasteiger partial charge in [0.25, 0.3) is 5.91 Å². The van der Waals surface area contributed by atoms with Crippen LogP contribution in [0.15, 0.2) is 67.0 Å². The first-order chi connectivity index (χ1) is 12.6. The van der Waals surface area contributed by atoms with Gasteiger partial charge in [-0.2, -0.15) is 4.98 Å². The number of aromatic nitrogens is 2. The summed E-state index contributed by atoms with van der Waals surface area (Å²) in [6, 6.07) is 7.50. The Morgan fingerprint density at radius 2 is 1.96 bits per heavy atom. The number of hydrogen-bond acceptors (Lipinski definition) is 5. The van der Waals surface area contributed by atoms with E-state index in [1.807, 2.05) is 61.4 Å². The van der Waals surface area contributed by atoms with E-state index >= 15 is 0 Å². The number of hydrogen-bond donors (Lipinski definition) is 1. The van der Waals surface area contributed by atoms with Crippen LogP contribution in [-0.4, -0.2) is 30.0 Å². The normalized spacial score (nSPS) is 14.1. The predicted molar refractivity (Wildman–Crippen MR) is 106 cm³/mol. The minimum Gasteiger partial charge on any atom is -0.327 e. The van der Waals surface area contributed by atoms with Gasteiger partial charge in [-0.3, -0.25) is 4.79 Å². The highest BCUT2D eigenvalue weighted by Gasteiger charge is 2.28. The van der Waals surface area contributed by atoms with Gasteiger partial charge in [0.15, 0.2) is 5.82 Å². The molecular weight excluding hydrogens is 326 g/mol. The third kappa shape index (κ3) is 3.09. The van der Waals surface area contributed by atoms with Gasteiger partial charge in [0.05, 0.1) is 17.4 Å². The lowest BCUT2D eigenvalue weighted by molar-refractivity contribution is 0.0994. The molecule has 1 aromatic carbocycles. The Kier molecular flexibility index (Phi) is 4.84. The number of carbonyl (C=O) groups is 1. The highest BCUT2D eigenvalue weighted by molar-refractivity contribution is 6.13. The van der Waals surface area contributed by atoms with Crippen molar-refractivity contribution in [2.45, 2.75) is 6.92 Å². The zero-order chi connectivity index (χ0) is 18.7. The van der Waals surface area contributed by atoms with Crippen molar-refractivity contribution in [3.05, 3.63) is 72.6 Å². The minimum atomic E-state index is -0.0847. The van der Waals surface area contributed by atoms with Gasteiger partial charge in [0.2, 0.25) is 5.95 Å². The first kappa shape index (κ1) is 17.4. The van der Waals surface area contributed by atoms with Crippen LogP contribution >= 0.6 is 0 Å². The van der Waals surface area contributed by atoms with Crippen molar-refractivity contribution in [3.63, 3.8) is 0 Å². The molecule has 1 aliphatic rings. The number of fused-ring (bicyclic) bond motifs is 2. The van der Waals surface area contributed by atoms with Crippen molar-refractivity contribution in [2.24, 2.45) is 0 Å². The van der Waals surface area contributed by atoms with Gasteiger partial charge in [-0.25, -0.2) is 4.98 Å². The maximum absolute atomic E-state index is 12.8. The molecule has 1 amide bonds. The Morgan fingerprint density at radius 3 is 2.69 bits per heavy atom. The zero-order valence-corrected chi connectivity index (χ0v) is 15.1. The summed E-state index contributed by atoms with van der Waals surface area (Å²) < 4.78 is 0. The number of carbonyl (C=O) groups excluding carboxylic acids is 1. The monoisotopic (exact) mass is 347 g/mol. The SMILES string of the molecule is C=C/C=C\C(=C/C)Nc1ncc2c(n1)N(C)c1ccccc1C(=O)N2C. The van der Waals surface area contributed by atoms with E-state index < -0.39 is 0 Å². The van der Waals surface area contributed by atoms with Crippen LogP contribution in [0.2, 0.25) is 0 Å². The van der Waals surface area contributed by atoms with Crippen molar-refractivity contribution in [3.8, 4) is 0 Å². The van der Waals surface area contributed by atoms with E-state index in [0.717, 1.165) is 11.4 Å². The molecule has 0 bridgehead atoms. The lowest BCUT2D eigenvalue weighted by Gasteiger charge is -2.21. The number of nitrogens with zero attached hydrogens (tertiary/aromatic N) is 4. The molecule has 1 aliphatic heterocycles. The molecular formula is C20H21N5O. The highest BCUT2D eigenvalue weighted by Crippen LogP contribution is 2.37. The Hall–Kier alpha value is -3.41. The van der Waals surface area contributed by atoms with Crippen LogP contribution in [0.3, 0.4) is 0 Å². The number of anilines is 4. The van der Waals surface area contributed by atoms with Crippen LogP contribution < -0.4 is 15.1 Å². The van der Waals surface area contributed by atoms with Crippen LogP contribution in [0.4, 0.5) is 23.1 Å². The van der Waals surface area contributed by atoms with Crippen molar-refractivity contribution in [1.82, 2.24) is 9.97 Å². The fraction of sp³-hybridized carbons (Fsp3) is 0.150. The molecule has 3 rings (SSSR count). The summed E-state index contributed by atoms with van der Waals surface area (Å²) in [4.78, 5) is 25.3. The van der Waals surface area contributed by atoms with E-state index in [-0.39, 0.29) is 5.91 Å². The van der Waals surface area contributed by atoms with Crippen molar-refractivity contribution in [2.75, 3.05) is 29.2 Å². The van der Waals surface area contributed by atoms with Gasteiger partial charge < -0.3 is 15.1 Å². The predicted octanol–water partition coefficient (Wildman–Crippen LogP) is 3.89. The number of allylic oxidation sites excluding steroid dienone is 4. The number of rotatable bonds is 4. The molecule has 0 unspecified atom stereocenters. The smallest absolute Gasteiger partial charge is 0.260 e. The van der Waals surface area contributed by atoms with Crippen LogP contribution in [0, 0.1) is 0 Å². The van der Waals surface area contributed by atoms with Gasteiger partial charge in [0.1, 0.15) is 5.69 Å². The van der Waals surface area contributed by atoms with Crippen LogP contribution in [0.25, 0.3) is 0 Å². The molecule has 0 saturated carbocycles. The number of para-hydroxylation sites is 1. The summed E-state index contributed by atoms with van der Waals surface area (Å²) in [5, 5.41) is 3.18. The molecule has 1 N–H and O–H groups in total. The lowest BCUT2D eigenvalue weighted by Crippen LogP contribution is -2.25. The summed E-state index contributed by atoms with van der Waals surface area (Å²) >= 11 is 0. The number of nitrogens with one attached hydrogen (secondary N) is 1. The second kappa shape index (κ2) is 7.23. The molecule has 132 valence electrons. The molecule has 0 saturated heterocycles. The quantitative estimate of drug-likeness (QED) is 0.850. The second-order valence-electron chi connectivity index (χ2n) is 5.81.